The average Bonchev–Trinajstić information content (AvgIpc) is 3.15. The molecule has 28 heavy (non-hydrogen) atoms. The first kappa shape index (κ1) is 18.1. The minimum Gasteiger partial charge on any atom is -0.493 e. The van der Waals surface area contributed by atoms with Gasteiger partial charge in [-0.25, -0.2) is 4.98 Å². The largest absolute Gasteiger partial charge is 0.493 e. The number of carbonyl (C=O) groups excluding carboxylic acids is 1. The third-order valence-corrected chi connectivity index (χ3v) is 5.45. The predicted octanol–water partition coefficient (Wildman–Crippen LogP) is 4.73. The Bertz CT molecular complexity index is 1160. The molecule has 0 radical (unpaired) electrons. The van der Waals surface area contributed by atoms with E-state index in [2.05, 4.69) is 22.4 Å². The smallest absolute Gasteiger partial charge is 0.257 e. The number of nitrogens with one attached hydrogen (secondary N) is 1. The van der Waals surface area contributed by atoms with Gasteiger partial charge in [-0.15, -0.1) is 0 Å². The molecule has 0 aliphatic carbocycles. The molecule has 1 aromatic heterocycles. The van der Waals surface area contributed by atoms with E-state index < -0.39 is 0 Å². The number of benzene rings is 3. The minimum absolute atomic E-state index is 0.303. The number of aromatic nitrogens is 1. The maximum atomic E-state index is 12.8. The van der Waals surface area contributed by atoms with E-state index >= 15 is 0 Å². The Morgan fingerprint density at radius 2 is 1.68 bits per heavy atom. The molecule has 142 valence electrons. The fourth-order valence-electron chi connectivity index (χ4n) is 3.09. The Labute approximate surface area is 165 Å². The van der Waals surface area contributed by atoms with E-state index in [1.807, 2.05) is 24.3 Å². The lowest BCUT2D eigenvalue weighted by Crippen LogP contribution is -2.12. The number of rotatable bonds is 5. The molecule has 0 bridgehead atoms. The molecule has 6 nitrogen and oxygen atoms in total. The van der Waals surface area contributed by atoms with Gasteiger partial charge in [0.1, 0.15) is 0 Å². The quantitative estimate of drug-likeness (QED) is 0.530. The van der Waals surface area contributed by atoms with E-state index in [1.54, 1.807) is 12.1 Å². The van der Waals surface area contributed by atoms with Crippen molar-refractivity contribution >= 4 is 43.4 Å². The van der Waals surface area contributed by atoms with Crippen LogP contribution in [0.3, 0.4) is 0 Å². The van der Waals surface area contributed by atoms with Gasteiger partial charge in [-0.2, -0.15) is 0 Å². The van der Waals surface area contributed by atoms with Crippen LogP contribution in [-0.4, -0.2) is 32.2 Å². The summed E-state index contributed by atoms with van der Waals surface area (Å²) in [7, 11) is 4.54. The Kier molecular flexibility index (Phi) is 4.75. The highest BCUT2D eigenvalue weighted by Crippen LogP contribution is 2.38. The molecular formula is C21H18N2O4S. The zero-order valence-corrected chi connectivity index (χ0v) is 16.4. The van der Waals surface area contributed by atoms with E-state index in [0.29, 0.717) is 27.9 Å². The van der Waals surface area contributed by atoms with E-state index in [-0.39, 0.29) is 5.91 Å². The first-order chi connectivity index (χ1) is 13.6. The van der Waals surface area contributed by atoms with Gasteiger partial charge < -0.3 is 14.2 Å². The average molecular weight is 394 g/mol. The summed E-state index contributed by atoms with van der Waals surface area (Å²) in [5.74, 6) is 0.972. The van der Waals surface area contributed by atoms with E-state index in [9.17, 15) is 4.79 Å². The van der Waals surface area contributed by atoms with Crippen LogP contribution in [0.25, 0.3) is 21.0 Å². The third kappa shape index (κ3) is 3.10. The van der Waals surface area contributed by atoms with Crippen molar-refractivity contribution in [2.24, 2.45) is 0 Å². The van der Waals surface area contributed by atoms with Crippen LogP contribution in [0.1, 0.15) is 10.4 Å². The van der Waals surface area contributed by atoms with Crippen molar-refractivity contribution in [3.8, 4) is 17.2 Å². The van der Waals surface area contributed by atoms with Crippen LogP contribution in [0.5, 0.6) is 17.2 Å². The van der Waals surface area contributed by atoms with Gasteiger partial charge in [-0.3, -0.25) is 10.1 Å². The van der Waals surface area contributed by atoms with Crippen LogP contribution in [0.2, 0.25) is 0 Å². The molecule has 4 aromatic rings. The van der Waals surface area contributed by atoms with Crippen LogP contribution < -0.4 is 19.5 Å². The number of nitrogens with zero attached hydrogens (tertiary/aromatic N) is 1. The Morgan fingerprint density at radius 3 is 2.36 bits per heavy atom. The minimum atomic E-state index is -0.303. The molecular weight excluding hydrogens is 376 g/mol. The van der Waals surface area contributed by atoms with Gasteiger partial charge in [0.2, 0.25) is 5.75 Å². The number of anilines is 1. The molecule has 3 aromatic carbocycles. The SMILES string of the molecule is COc1cc(C(=O)Nc2nc3ccc4ccccc4c3s2)cc(OC)c1OC. The number of fused-ring (bicyclic) bond motifs is 3. The van der Waals surface area contributed by atoms with Gasteiger partial charge in [0.05, 0.1) is 31.5 Å². The van der Waals surface area contributed by atoms with E-state index in [1.165, 1.54) is 32.7 Å². The molecule has 0 aliphatic heterocycles. The molecule has 1 heterocycles. The van der Waals surface area contributed by atoms with Gasteiger partial charge in [0.15, 0.2) is 16.6 Å². The number of ether oxygens (including phenoxy) is 3. The molecule has 0 spiro atoms. The van der Waals surface area contributed by atoms with Crippen molar-refractivity contribution in [1.29, 1.82) is 0 Å². The lowest BCUT2D eigenvalue weighted by atomic mass is 10.1. The van der Waals surface area contributed by atoms with Gasteiger partial charge in [0.25, 0.3) is 5.91 Å². The van der Waals surface area contributed by atoms with Crippen molar-refractivity contribution in [3.63, 3.8) is 0 Å². The summed E-state index contributed by atoms with van der Waals surface area (Å²) >= 11 is 1.45. The maximum Gasteiger partial charge on any atom is 0.257 e. The second kappa shape index (κ2) is 7.36. The highest BCUT2D eigenvalue weighted by atomic mass is 32.1. The first-order valence-electron chi connectivity index (χ1n) is 8.54. The highest BCUT2D eigenvalue weighted by molar-refractivity contribution is 7.23. The lowest BCUT2D eigenvalue weighted by Gasteiger charge is -2.13. The maximum absolute atomic E-state index is 12.8. The van der Waals surface area contributed by atoms with Crippen LogP contribution >= 0.6 is 11.3 Å². The van der Waals surface area contributed by atoms with Crippen molar-refractivity contribution in [2.75, 3.05) is 26.6 Å². The van der Waals surface area contributed by atoms with Crippen molar-refractivity contribution in [3.05, 3.63) is 54.1 Å². The number of methoxy groups -OCH3 is 3. The summed E-state index contributed by atoms with van der Waals surface area (Å²) in [5, 5.41) is 5.66. The zero-order chi connectivity index (χ0) is 19.7. The number of carbonyl (C=O) groups is 1. The summed E-state index contributed by atoms with van der Waals surface area (Å²) in [6.45, 7) is 0. The van der Waals surface area contributed by atoms with Crippen LogP contribution in [0.15, 0.2) is 48.5 Å². The number of amides is 1. The molecule has 0 unspecified atom stereocenters. The van der Waals surface area contributed by atoms with E-state index in [4.69, 9.17) is 14.2 Å². The first-order valence-corrected chi connectivity index (χ1v) is 9.36. The number of hydrogen-bond acceptors (Lipinski definition) is 6. The molecule has 0 aliphatic rings. The van der Waals surface area contributed by atoms with Crippen LogP contribution in [-0.2, 0) is 0 Å². The zero-order valence-electron chi connectivity index (χ0n) is 15.6. The summed E-state index contributed by atoms with van der Waals surface area (Å²) < 4.78 is 17.0. The Morgan fingerprint density at radius 1 is 0.964 bits per heavy atom. The fourth-order valence-corrected chi connectivity index (χ4v) is 4.09. The fraction of sp³-hybridized carbons (Fsp3) is 0.143. The normalized spacial score (nSPS) is 10.8. The van der Waals surface area contributed by atoms with Crippen LogP contribution in [0, 0.1) is 0 Å². The molecule has 0 saturated heterocycles. The second-order valence-electron chi connectivity index (χ2n) is 6.02. The van der Waals surface area contributed by atoms with Crippen molar-refractivity contribution in [1.82, 2.24) is 4.98 Å². The standard InChI is InChI=1S/C21H18N2O4S/c1-25-16-10-13(11-17(26-2)18(16)27-3)20(24)23-21-22-15-9-8-12-6-4-5-7-14(12)19(15)28-21/h4-11H,1-3H3,(H,22,23,24). The van der Waals surface area contributed by atoms with Crippen molar-refractivity contribution < 1.29 is 19.0 Å². The van der Waals surface area contributed by atoms with E-state index in [0.717, 1.165) is 21.0 Å². The summed E-state index contributed by atoms with van der Waals surface area (Å²) in [5.41, 5.74) is 1.24. The molecule has 0 atom stereocenters. The summed E-state index contributed by atoms with van der Waals surface area (Å²) in [6, 6.07) is 15.3. The van der Waals surface area contributed by atoms with Gasteiger partial charge in [-0.1, -0.05) is 41.7 Å². The molecule has 1 N–H and O–H groups in total. The van der Waals surface area contributed by atoms with Crippen LogP contribution in [0.4, 0.5) is 5.13 Å². The summed E-state index contributed by atoms with van der Waals surface area (Å²) in [4.78, 5) is 17.3. The third-order valence-electron chi connectivity index (χ3n) is 4.43. The molecule has 4 rings (SSSR count). The predicted molar refractivity (Wildman–Crippen MR) is 111 cm³/mol. The highest BCUT2D eigenvalue weighted by Gasteiger charge is 2.18. The number of thiazole rings is 1. The van der Waals surface area contributed by atoms with Gasteiger partial charge in [0, 0.05) is 10.9 Å². The molecule has 0 saturated carbocycles. The summed E-state index contributed by atoms with van der Waals surface area (Å²) in [6.07, 6.45) is 0. The Balaban J connectivity index is 1.69. The topological polar surface area (TPSA) is 69.7 Å². The lowest BCUT2D eigenvalue weighted by molar-refractivity contribution is 0.102. The Hall–Kier alpha value is -3.32. The second-order valence-corrected chi connectivity index (χ2v) is 7.02. The number of hydrogen-bond donors (Lipinski definition) is 1. The van der Waals surface area contributed by atoms with Gasteiger partial charge in [-0.05, 0) is 23.6 Å². The molecule has 1 amide bonds. The monoisotopic (exact) mass is 394 g/mol. The molecule has 7 heteroatoms. The van der Waals surface area contributed by atoms with Crippen molar-refractivity contribution in [2.45, 2.75) is 0 Å². The van der Waals surface area contributed by atoms with Gasteiger partial charge >= 0.3 is 0 Å². The molecule has 0 fully saturated rings.